The Morgan fingerprint density at radius 3 is 2.44 bits per heavy atom. The molecule has 3 rings (SSSR count). The summed E-state index contributed by atoms with van der Waals surface area (Å²) in [6.45, 7) is 2.58. The van der Waals surface area contributed by atoms with Gasteiger partial charge < -0.3 is 14.8 Å². The lowest BCUT2D eigenvalue weighted by atomic mass is 10.2. The number of H-pyrrole nitrogens is 1. The number of amides is 2. The molecule has 0 bridgehead atoms. The molecule has 2 aromatic rings. The Morgan fingerprint density at radius 1 is 1.04 bits per heavy atom. The van der Waals surface area contributed by atoms with Crippen LogP contribution < -0.4 is 0 Å². The van der Waals surface area contributed by atoms with Gasteiger partial charge in [0.05, 0.1) is 6.42 Å². The summed E-state index contributed by atoms with van der Waals surface area (Å²) in [4.78, 5) is 33.0. The van der Waals surface area contributed by atoms with Crippen molar-refractivity contribution in [3.63, 3.8) is 0 Å². The Kier molecular flexibility index (Phi) is 5.81. The Hall–Kier alpha value is -2.21. The van der Waals surface area contributed by atoms with Crippen LogP contribution in [0.3, 0.4) is 0 Å². The van der Waals surface area contributed by atoms with Crippen molar-refractivity contribution in [2.24, 2.45) is 0 Å². The third kappa shape index (κ3) is 4.45. The molecule has 2 amide bonds. The Labute approximate surface area is 152 Å². The number of thioether (sulfide) groups is 1. The highest BCUT2D eigenvalue weighted by atomic mass is 32.2. The van der Waals surface area contributed by atoms with E-state index in [4.69, 9.17) is 0 Å². The van der Waals surface area contributed by atoms with E-state index in [0.717, 1.165) is 16.9 Å². The van der Waals surface area contributed by atoms with E-state index in [2.05, 4.69) is 4.98 Å². The molecule has 1 saturated heterocycles. The molecule has 1 aromatic heterocycles. The van der Waals surface area contributed by atoms with E-state index in [1.807, 2.05) is 58.8 Å². The van der Waals surface area contributed by atoms with Crippen molar-refractivity contribution in [3.05, 3.63) is 53.9 Å². The van der Waals surface area contributed by atoms with Gasteiger partial charge >= 0.3 is 0 Å². The van der Waals surface area contributed by atoms with Crippen LogP contribution in [0.4, 0.5) is 0 Å². The topological polar surface area (TPSA) is 56.4 Å². The number of carbonyl (C=O) groups excluding carboxylic acids is 2. The smallest absolute Gasteiger partial charge is 0.253 e. The molecule has 2 heterocycles. The maximum Gasteiger partial charge on any atom is 0.253 e. The second-order valence-corrected chi connectivity index (χ2v) is 7.03. The number of hydrogen-bond donors (Lipinski definition) is 1. The second-order valence-electron chi connectivity index (χ2n) is 6.15. The zero-order chi connectivity index (χ0) is 17.6. The summed E-state index contributed by atoms with van der Waals surface area (Å²) in [6.07, 6.45) is 6.92. The van der Waals surface area contributed by atoms with Crippen LogP contribution in [-0.4, -0.2) is 59.0 Å². The fourth-order valence-electron chi connectivity index (χ4n) is 3.04. The Bertz CT molecular complexity index is 713. The van der Waals surface area contributed by atoms with Crippen molar-refractivity contribution in [1.29, 1.82) is 0 Å². The largest absolute Gasteiger partial charge is 0.367 e. The van der Waals surface area contributed by atoms with Crippen molar-refractivity contribution in [2.75, 3.05) is 32.4 Å². The molecule has 1 N–H and O–H groups in total. The van der Waals surface area contributed by atoms with E-state index in [1.165, 1.54) is 0 Å². The molecule has 1 aliphatic heterocycles. The molecule has 1 aliphatic rings. The summed E-state index contributed by atoms with van der Waals surface area (Å²) in [5.41, 5.74) is 1.71. The summed E-state index contributed by atoms with van der Waals surface area (Å²) < 4.78 is 0. The average Bonchev–Trinajstić information content (AvgIpc) is 3.02. The first-order chi connectivity index (χ1) is 12.2. The van der Waals surface area contributed by atoms with E-state index in [9.17, 15) is 9.59 Å². The molecule has 1 aromatic carbocycles. The quantitative estimate of drug-likeness (QED) is 0.856. The first-order valence-electron chi connectivity index (χ1n) is 8.50. The van der Waals surface area contributed by atoms with Gasteiger partial charge in [0.1, 0.15) is 0 Å². The predicted octanol–water partition coefficient (Wildman–Crippen LogP) is 2.65. The molecule has 1 fully saturated rings. The van der Waals surface area contributed by atoms with Crippen LogP contribution in [0.5, 0.6) is 0 Å². The van der Waals surface area contributed by atoms with E-state index in [0.29, 0.717) is 38.2 Å². The molecule has 132 valence electrons. The number of carbonyl (C=O) groups is 2. The third-order valence-electron chi connectivity index (χ3n) is 4.49. The normalized spacial score (nSPS) is 15.1. The fourth-order valence-corrected chi connectivity index (χ4v) is 3.45. The van der Waals surface area contributed by atoms with Crippen molar-refractivity contribution in [2.45, 2.75) is 17.7 Å². The van der Waals surface area contributed by atoms with Crippen LogP contribution in [0.1, 0.15) is 22.3 Å². The lowest BCUT2D eigenvalue weighted by Crippen LogP contribution is -2.37. The standard InChI is InChI=1S/C19H23N3O2S/c1-25-17-5-3-16(4-6-17)19(24)22-10-2-9-21(11-12-22)18(23)13-15-7-8-20-14-15/h3-8,14,20H,2,9-13H2,1H3. The van der Waals surface area contributed by atoms with Crippen LogP contribution in [0.2, 0.25) is 0 Å². The minimum atomic E-state index is 0.0487. The van der Waals surface area contributed by atoms with Crippen LogP contribution in [0, 0.1) is 0 Å². The number of aromatic amines is 1. The molecule has 0 spiro atoms. The minimum Gasteiger partial charge on any atom is -0.367 e. The van der Waals surface area contributed by atoms with Gasteiger partial charge in [-0.15, -0.1) is 11.8 Å². The lowest BCUT2D eigenvalue weighted by molar-refractivity contribution is -0.130. The van der Waals surface area contributed by atoms with E-state index < -0.39 is 0 Å². The van der Waals surface area contributed by atoms with Crippen LogP contribution >= 0.6 is 11.8 Å². The third-order valence-corrected chi connectivity index (χ3v) is 5.23. The Morgan fingerprint density at radius 2 is 1.76 bits per heavy atom. The molecular weight excluding hydrogens is 334 g/mol. The van der Waals surface area contributed by atoms with Gasteiger partial charge in [-0.2, -0.15) is 0 Å². The first-order valence-corrected chi connectivity index (χ1v) is 9.72. The monoisotopic (exact) mass is 357 g/mol. The lowest BCUT2D eigenvalue weighted by Gasteiger charge is -2.22. The van der Waals surface area contributed by atoms with Gasteiger partial charge in [0.2, 0.25) is 5.91 Å². The van der Waals surface area contributed by atoms with Crippen molar-refractivity contribution >= 4 is 23.6 Å². The van der Waals surface area contributed by atoms with E-state index in [-0.39, 0.29) is 11.8 Å². The molecule has 0 unspecified atom stereocenters. The zero-order valence-corrected chi connectivity index (χ0v) is 15.2. The maximum atomic E-state index is 12.7. The highest BCUT2D eigenvalue weighted by Gasteiger charge is 2.22. The number of nitrogens with zero attached hydrogens (tertiary/aromatic N) is 2. The van der Waals surface area contributed by atoms with Crippen LogP contribution in [-0.2, 0) is 11.2 Å². The first kappa shape index (κ1) is 17.6. The molecule has 25 heavy (non-hydrogen) atoms. The number of benzene rings is 1. The molecular formula is C19H23N3O2S. The van der Waals surface area contributed by atoms with Gasteiger partial charge in [0.15, 0.2) is 0 Å². The molecule has 0 saturated carbocycles. The summed E-state index contributed by atoms with van der Waals surface area (Å²) in [5, 5.41) is 0. The van der Waals surface area contributed by atoms with Gasteiger partial charge in [-0.25, -0.2) is 0 Å². The summed E-state index contributed by atoms with van der Waals surface area (Å²) in [5.74, 6) is 0.172. The number of hydrogen-bond acceptors (Lipinski definition) is 3. The minimum absolute atomic E-state index is 0.0487. The summed E-state index contributed by atoms with van der Waals surface area (Å²) in [6, 6.07) is 9.64. The number of rotatable bonds is 4. The second kappa shape index (κ2) is 8.25. The van der Waals surface area contributed by atoms with Crippen molar-refractivity contribution in [3.8, 4) is 0 Å². The highest BCUT2D eigenvalue weighted by Crippen LogP contribution is 2.17. The summed E-state index contributed by atoms with van der Waals surface area (Å²) in [7, 11) is 0. The number of aromatic nitrogens is 1. The van der Waals surface area contributed by atoms with Gasteiger partial charge in [-0.1, -0.05) is 0 Å². The molecule has 5 nitrogen and oxygen atoms in total. The zero-order valence-electron chi connectivity index (χ0n) is 14.4. The molecule has 0 aliphatic carbocycles. The number of nitrogens with one attached hydrogen (secondary N) is 1. The molecule has 0 atom stereocenters. The van der Waals surface area contributed by atoms with Gasteiger partial charge in [-0.3, -0.25) is 9.59 Å². The maximum absolute atomic E-state index is 12.7. The van der Waals surface area contributed by atoms with Crippen molar-refractivity contribution in [1.82, 2.24) is 14.8 Å². The van der Waals surface area contributed by atoms with Gasteiger partial charge in [0, 0.05) is 49.0 Å². The highest BCUT2D eigenvalue weighted by molar-refractivity contribution is 7.98. The van der Waals surface area contributed by atoms with Gasteiger partial charge in [0.25, 0.3) is 5.91 Å². The SMILES string of the molecule is CSc1ccc(C(=O)N2CCCN(C(=O)Cc3cc[nH]c3)CC2)cc1. The summed E-state index contributed by atoms with van der Waals surface area (Å²) >= 11 is 1.66. The van der Waals surface area contributed by atoms with E-state index >= 15 is 0 Å². The molecule has 0 radical (unpaired) electrons. The predicted molar refractivity (Wildman–Crippen MR) is 99.8 cm³/mol. The van der Waals surface area contributed by atoms with Gasteiger partial charge in [-0.05, 0) is 48.6 Å². The Balaban J connectivity index is 1.58. The average molecular weight is 357 g/mol. The van der Waals surface area contributed by atoms with Crippen molar-refractivity contribution < 1.29 is 9.59 Å². The van der Waals surface area contributed by atoms with E-state index in [1.54, 1.807) is 11.8 Å². The van der Waals surface area contributed by atoms with Crippen LogP contribution in [0.15, 0.2) is 47.6 Å². The molecule has 6 heteroatoms. The van der Waals surface area contributed by atoms with Crippen LogP contribution in [0.25, 0.3) is 0 Å². The fraction of sp³-hybridized carbons (Fsp3) is 0.368.